The summed E-state index contributed by atoms with van der Waals surface area (Å²) in [4.78, 5) is 12.4. The molecule has 0 atom stereocenters. The molecule has 140 valence electrons. The van der Waals surface area contributed by atoms with Crippen LogP contribution in [0, 0.1) is 11.3 Å². The first kappa shape index (κ1) is 19.7. The molecule has 0 aliphatic carbocycles. The van der Waals surface area contributed by atoms with E-state index in [0.717, 1.165) is 0 Å². The molecule has 1 N–H and O–H groups in total. The average Bonchev–Trinajstić information content (AvgIpc) is 2.71. The molecule has 0 saturated heterocycles. The second kappa shape index (κ2) is 9.15. The van der Waals surface area contributed by atoms with Crippen LogP contribution in [0.5, 0.6) is 23.0 Å². The van der Waals surface area contributed by atoms with Crippen molar-refractivity contribution in [2.75, 3.05) is 33.8 Å². The lowest BCUT2D eigenvalue weighted by molar-refractivity contribution is -0.112. The van der Waals surface area contributed by atoms with Crippen LogP contribution in [0.1, 0.15) is 5.56 Å². The van der Waals surface area contributed by atoms with Gasteiger partial charge in [0.05, 0.1) is 28.4 Å². The molecule has 7 nitrogen and oxygen atoms in total. The number of nitrogens with zero attached hydrogens (tertiary/aromatic N) is 1. The van der Waals surface area contributed by atoms with E-state index in [-0.39, 0.29) is 5.57 Å². The second-order valence-electron chi connectivity index (χ2n) is 5.30. The fourth-order valence-corrected chi connectivity index (χ4v) is 2.34. The molecule has 2 aromatic carbocycles. The Hall–Kier alpha value is -3.66. The van der Waals surface area contributed by atoms with Crippen molar-refractivity contribution in [3.63, 3.8) is 0 Å². The number of benzene rings is 2. The van der Waals surface area contributed by atoms with Crippen LogP contribution in [0.15, 0.2) is 42.0 Å². The number of hydrogen-bond donors (Lipinski definition) is 1. The number of carbonyl (C=O) groups excluding carboxylic acids is 1. The zero-order chi connectivity index (χ0) is 19.8. The Kier molecular flexibility index (Phi) is 6.67. The Labute approximate surface area is 157 Å². The Balaban J connectivity index is 2.33. The van der Waals surface area contributed by atoms with E-state index in [9.17, 15) is 10.1 Å². The highest BCUT2D eigenvalue weighted by atomic mass is 16.5. The highest BCUT2D eigenvalue weighted by Gasteiger charge is 2.14. The van der Waals surface area contributed by atoms with Gasteiger partial charge in [-0.05, 0) is 36.4 Å². The van der Waals surface area contributed by atoms with Crippen LogP contribution >= 0.6 is 0 Å². The summed E-state index contributed by atoms with van der Waals surface area (Å²) in [5, 5.41) is 12.1. The Morgan fingerprint density at radius 3 is 2.04 bits per heavy atom. The van der Waals surface area contributed by atoms with E-state index in [1.807, 2.05) is 6.07 Å². The summed E-state index contributed by atoms with van der Waals surface area (Å²) >= 11 is 0. The molecular weight excluding hydrogens is 348 g/mol. The summed E-state index contributed by atoms with van der Waals surface area (Å²) in [5.74, 6) is 1.50. The van der Waals surface area contributed by atoms with Gasteiger partial charge < -0.3 is 24.3 Å². The smallest absolute Gasteiger partial charge is 0.266 e. The number of methoxy groups -OCH3 is 4. The molecule has 0 unspecified atom stereocenters. The quantitative estimate of drug-likeness (QED) is 0.596. The lowest BCUT2D eigenvalue weighted by atomic mass is 10.1. The van der Waals surface area contributed by atoms with Crippen molar-refractivity contribution in [3.05, 3.63) is 47.5 Å². The standard InChI is InChI=1S/C20H20N2O5/c1-24-16-7-5-15(6-8-16)22-20(23)14(12-21)9-13-10-18(26-3)19(27-4)11-17(13)25-2/h5-11H,1-4H3,(H,22,23). The van der Waals surface area contributed by atoms with Crippen LogP contribution in [0.25, 0.3) is 6.08 Å². The highest BCUT2D eigenvalue weighted by molar-refractivity contribution is 6.09. The van der Waals surface area contributed by atoms with Gasteiger partial charge >= 0.3 is 0 Å². The van der Waals surface area contributed by atoms with Crippen molar-refractivity contribution in [2.24, 2.45) is 0 Å². The lowest BCUT2D eigenvalue weighted by Crippen LogP contribution is -2.13. The third kappa shape index (κ3) is 4.70. The maximum atomic E-state index is 12.4. The van der Waals surface area contributed by atoms with Gasteiger partial charge in [-0.2, -0.15) is 5.26 Å². The summed E-state index contributed by atoms with van der Waals surface area (Å²) < 4.78 is 20.9. The molecule has 0 aliphatic heterocycles. The van der Waals surface area contributed by atoms with Crippen molar-refractivity contribution >= 4 is 17.7 Å². The molecule has 0 aliphatic rings. The van der Waals surface area contributed by atoms with Gasteiger partial charge in [0.25, 0.3) is 5.91 Å². The second-order valence-corrected chi connectivity index (χ2v) is 5.30. The zero-order valence-corrected chi connectivity index (χ0v) is 15.5. The first-order valence-corrected chi connectivity index (χ1v) is 7.93. The molecule has 27 heavy (non-hydrogen) atoms. The Bertz CT molecular complexity index is 882. The summed E-state index contributed by atoms with van der Waals surface area (Å²) in [6.07, 6.45) is 1.43. The number of nitrogens with one attached hydrogen (secondary N) is 1. The average molecular weight is 368 g/mol. The van der Waals surface area contributed by atoms with E-state index in [1.54, 1.807) is 43.5 Å². The topological polar surface area (TPSA) is 89.8 Å². The molecule has 2 rings (SSSR count). The molecule has 0 aromatic heterocycles. The maximum Gasteiger partial charge on any atom is 0.266 e. The zero-order valence-electron chi connectivity index (χ0n) is 15.5. The molecule has 2 aromatic rings. The normalized spacial score (nSPS) is 10.6. The van der Waals surface area contributed by atoms with E-state index < -0.39 is 5.91 Å². The molecule has 7 heteroatoms. The van der Waals surface area contributed by atoms with Crippen molar-refractivity contribution in [1.29, 1.82) is 5.26 Å². The first-order chi connectivity index (χ1) is 13.1. The van der Waals surface area contributed by atoms with Crippen LogP contribution in [0.2, 0.25) is 0 Å². The molecular formula is C20H20N2O5. The molecule has 0 heterocycles. The summed E-state index contributed by atoms with van der Waals surface area (Å²) in [7, 11) is 6.05. The fraction of sp³-hybridized carbons (Fsp3) is 0.200. The van der Waals surface area contributed by atoms with Crippen molar-refractivity contribution < 1.29 is 23.7 Å². The summed E-state index contributed by atoms with van der Waals surface area (Å²) in [6.45, 7) is 0. The fourth-order valence-electron chi connectivity index (χ4n) is 2.34. The number of nitriles is 1. The van der Waals surface area contributed by atoms with Crippen molar-refractivity contribution in [1.82, 2.24) is 0 Å². The number of rotatable bonds is 7. The third-order valence-corrected chi connectivity index (χ3v) is 3.75. The minimum absolute atomic E-state index is 0.0867. The van der Waals surface area contributed by atoms with E-state index in [2.05, 4.69) is 5.32 Å². The predicted octanol–water partition coefficient (Wildman–Crippen LogP) is 3.27. The Morgan fingerprint density at radius 2 is 1.52 bits per heavy atom. The first-order valence-electron chi connectivity index (χ1n) is 7.93. The van der Waals surface area contributed by atoms with Gasteiger partial charge in [-0.3, -0.25) is 4.79 Å². The Morgan fingerprint density at radius 1 is 0.926 bits per heavy atom. The summed E-state index contributed by atoms with van der Waals surface area (Å²) in [6, 6.07) is 12.0. The monoisotopic (exact) mass is 368 g/mol. The predicted molar refractivity (Wildman–Crippen MR) is 101 cm³/mol. The molecule has 0 bridgehead atoms. The molecule has 1 amide bonds. The summed E-state index contributed by atoms with van der Waals surface area (Å²) in [5.41, 5.74) is 0.967. The van der Waals surface area contributed by atoms with Gasteiger partial charge in [0.15, 0.2) is 11.5 Å². The van der Waals surface area contributed by atoms with Crippen LogP contribution in [-0.2, 0) is 4.79 Å². The minimum Gasteiger partial charge on any atom is -0.497 e. The largest absolute Gasteiger partial charge is 0.497 e. The maximum absolute atomic E-state index is 12.4. The van der Waals surface area contributed by atoms with Crippen molar-refractivity contribution in [3.8, 4) is 29.1 Å². The van der Waals surface area contributed by atoms with Gasteiger partial charge in [0, 0.05) is 17.3 Å². The van der Waals surface area contributed by atoms with Crippen molar-refractivity contribution in [2.45, 2.75) is 0 Å². The number of ether oxygens (including phenoxy) is 4. The number of hydrogen-bond acceptors (Lipinski definition) is 6. The molecule has 0 fully saturated rings. The van der Waals surface area contributed by atoms with Gasteiger partial charge in [-0.15, -0.1) is 0 Å². The van der Waals surface area contributed by atoms with E-state index in [0.29, 0.717) is 34.2 Å². The minimum atomic E-state index is -0.542. The van der Waals surface area contributed by atoms with Crippen LogP contribution < -0.4 is 24.3 Å². The lowest BCUT2D eigenvalue weighted by Gasteiger charge is -2.12. The van der Waals surface area contributed by atoms with Crippen LogP contribution in [-0.4, -0.2) is 34.3 Å². The highest BCUT2D eigenvalue weighted by Crippen LogP contribution is 2.35. The third-order valence-electron chi connectivity index (χ3n) is 3.75. The number of anilines is 1. The van der Waals surface area contributed by atoms with Gasteiger partial charge in [0.2, 0.25) is 0 Å². The number of carbonyl (C=O) groups is 1. The molecule has 0 saturated carbocycles. The van der Waals surface area contributed by atoms with Gasteiger partial charge in [-0.25, -0.2) is 0 Å². The SMILES string of the molecule is COc1ccc(NC(=O)C(C#N)=Cc2cc(OC)c(OC)cc2OC)cc1. The number of amides is 1. The molecule has 0 radical (unpaired) electrons. The van der Waals surface area contributed by atoms with Crippen LogP contribution in [0.4, 0.5) is 5.69 Å². The molecule has 0 spiro atoms. The van der Waals surface area contributed by atoms with E-state index in [4.69, 9.17) is 18.9 Å². The van der Waals surface area contributed by atoms with E-state index in [1.165, 1.54) is 27.4 Å². The van der Waals surface area contributed by atoms with Gasteiger partial charge in [-0.1, -0.05) is 0 Å². The van der Waals surface area contributed by atoms with E-state index >= 15 is 0 Å². The van der Waals surface area contributed by atoms with Crippen LogP contribution in [0.3, 0.4) is 0 Å². The van der Waals surface area contributed by atoms with Gasteiger partial charge in [0.1, 0.15) is 23.1 Å².